The van der Waals surface area contributed by atoms with Gasteiger partial charge < -0.3 is 50.8 Å². The van der Waals surface area contributed by atoms with Crippen molar-refractivity contribution in [2.45, 2.75) is 203 Å². The molecule has 8 rings (SSSR count). The summed E-state index contributed by atoms with van der Waals surface area (Å²) in [6.45, 7) is 12.1. The van der Waals surface area contributed by atoms with Crippen LogP contribution in [0.4, 0.5) is 9.59 Å². The SMILES string of the molecule is CC(C(=O)N[C@H]1CCS[C@H]2CC(C)(C)[C@@H](C(=O)N[C@H]3c4ccccc4C[C@H]3OCCCCCCCCCCO[C@@H]3Cc4ccccc4[C@@H]3NC(=O)[C@H]3N4C(=O)[C@@H](NC(=O)C(C)N(C)C(=O)O)CCS[C@H]4CC3(C)C)N2C1=O)N(C)C(=O)O. The molecule has 8 amide bonds. The highest BCUT2D eigenvalue weighted by molar-refractivity contribution is 8.00. The zero-order valence-corrected chi connectivity index (χ0v) is 50.5. The first-order valence-corrected chi connectivity index (χ1v) is 31.5. The van der Waals surface area contributed by atoms with Gasteiger partial charge in [0.2, 0.25) is 35.4 Å². The molecule has 2 aliphatic carbocycles. The van der Waals surface area contributed by atoms with Crippen LogP contribution in [0, 0.1) is 10.8 Å². The number of thioether (sulfide) groups is 2. The summed E-state index contributed by atoms with van der Waals surface area (Å²) in [5, 5.41) is 30.6. The molecular weight excluding hydrogens is 1090 g/mol. The van der Waals surface area contributed by atoms with Gasteiger partial charge in [0.05, 0.1) is 35.0 Å². The first-order valence-electron chi connectivity index (χ1n) is 29.4. The molecular formula is C60H86N8O12S2. The molecule has 4 heterocycles. The zero-order valence-electron chi connectivity index (χ0n) is 48.9. The quantitative estimate of drug-likeness (QED) is 0.0623. The minimum absolute atomic E-state index is 0.247. The molecule has 2 aromatic carbocycles. The predicted molar refractivity (Wildman–Crippen MR) is 313 cm³/mol. The molecule has 0 bridgehead atoms. The normalized spacial score (nSPS) is 27.6. The first-order chi connectivity index (χ1) is 39.0. The van der Waals surface area contributed by atoms with Gasteiger partial charge in [-0.25, -0.2) is 9.59 Å². The molecule has 2 aromatic rings. The Labute approximate surface area is 491 Å². The van der Waals surface area contributed by atoms with Crippen LogP contribution in [0.25, 0.3) is 0 Å². The summed E-state index contributed by atoms with van der Waals surface area (Å²) in [4.78, 5) is 112. The molecule has 4 fully saturated rings. The molecule has 4 saturated heterocycles. The van der Waals surface area contributed by atoms with E-state index in [0.717, 1.165) is 83.4 Å². The van der Waals surface area contributed by atoms with Crippen molar-refractivity contribution in [3.05, 3.63) is 70.8 Å². The number of likely N-dealkylation sites (N-methyl/N-ethyl adjacent to an activating group) is 2. The topological polar surface area (TPSA) is 257 Å². The number of rotatable bonds is 23. The van der Waals surface area contributed by atoms with Crippen molar-refractivity contribution in [3.8, 4) is 0 Å². The lowest BCUT2D eigenvalue weighted by Gasteiger charge is -2.35. The molecule has 0 aromatic heterocycles. The van der Waals surface area contributed by atoms with Gasteiger partial charge in [-0.2, -0.15) is 0 Å². The molecule has 20 nitrogen and oxygen atoms in total. The molecule has 2 unspecified atom stereocenters. The Morgan fingerprint density at radius 3 is 1.30 bits per heavy atom. The fourth-order valence-electron chi connectivity index (χ4n) is 12.9. The molecule has 6 aliphatic rings. The van der Waals surface area contributed by atoms with Crippen LogP contribution < -0.4 is 21.3 Å². The fraction of sp³-hybridized carbons (Fsp3) is 0.667. The van der Waals surface area contributed by atoms with E-state index in [9.17, 15) is 48.6 Å². The Hall–Kier alpha value is -5.58. The largest absolute Gasteiger partial charge is 0.465 e. The molecule has 450 valence electrons. The predicted octanol–water partition coefficient (Wildman–Crippen LogP) is 6.85. The average molecular weight is 1180 g/mol. The number of amides is 8. The maximum absolute atomic E-state index is 14.6. The average Bonchev–Trinajstić information content (AvgIpc) is 4.31. The van der Waals surface area contributed by atoms with Gasteiger partial charge in [-0.05, 0) is 97.0 Å². The molecule has 22 heteroatoms. The third-order valence-corrected chi connectivity index (χ3v) is 20.4. The van der Waals surface area contributed by atoms with E-state index >= 15 is 0 Å². The minimum Gasteiger partial charge on any atom is -0.465 e. The Morgan fingerprint density at radius 2 is 0.939 bits per heavy atom. The van der Waals surface area contributed by atoms with Crippen LogP contribution in [0.3, 0.4) is 0 Å². The zero-order chi connectivity index (χ0) is 59.2. The van der Waals surface area contributed by atoms with Gasteiger partial charge in [0.1, 0.15) is 36.3 Å². The molecule has 4 aliphatic heterocycles. The van der Waals surface area contributed by atoms with Crippen LogP contribution in [0.15, 0.2) is 48.5 Å². The minimum atomic E-state index is -1.25. The standard InChI is InChI=1S/C60H86N8O12S2/c1-35(65(7)57(75)76)51(69)61-41-25-29-81-45-33-59(3,4)49(67(45)55(41)73)53(71)63-47-39-23-17-15-21-37(39)31-43(47)79-27-19-13-11-9-10-12-14-20-28-80-44-32-38-22-16-18-24-40(38)48(44)64-54(72)50-60(5,6)34-46-68(50)56(74)42(26-30-82-46)62-52(70)36(2)66(8)58(77)78/h15-18,21-24,35-36,41-50H,9-14,19-20,25-34H2,1-8H3,(H,61,69)(H,62,70)(H,63,71)(H,64,72)(H,75,76)(H,77,78)/t35?,36?,41-,42-,43+,44+,45-,46-,47-,48-,49+,50+/m0/s1. The summed E-state index contributed by atoms with van der Waals surface area (Å²) in [7, 11) is 2.62. The molecule has 12 atom stereocenters. The summed E-state index contributed by atoms with van der Waals surface area (Å²) in [5.74, 6) is -1.14. The summed E-state index contributed by atoms with van der Waals surface area (Å²) >= 11 is 3.21. The number of unbranched alkanes of at least 4 members (excludes halogenated alkanes) is 7. The maximum atomic E-state index is 14.6. The van der Waals surface area contributed by atoms with E-state index in [2.05, 4.69) is 33.4 Å². The van der Waals surface area contributed by atoms with Gasteiger partial charge in [0.15, 0.2) is 0 Å². The number of fused-ring (bicyclic) bond motifs is 4. The monoisotopic (exact) mass is 1170 g/mol. The van der Waals surface area contributed by atoms with Crippen molar-refractivity contribution in [2.24, 2.45) is 10.8 Å². The summed E-state index contributed by atoms with van der Waals surface area (Å²) in [6.07, 6.45) is 8.32. The second-order valence-corrected chi connectivity index (χ2v) is 27.2. The van der Waals surface area contributed by atoms with Crippen LogP contribution >= 0.6 is 23.5 Å². The molecule has 0 saturated carbocycles. The first kappa shape index (κ1) is 62.5. The third-order valence-electron chi connectivity index (χ3n) is 17.9. The number of ether oxygens (including phenoxy) is 2. The van der Waals surface area contributed by atoms with Crippen molar-refractivity contribution >= 4 is 71.2 Å². The van der Waals surface area contributed by atoms with Crippen LogP contribution in [0.1, 0.15) is 153 Å². The van der Waals surface area contributed by atoms with E-state index in [0.29, 0.717) is 63.2 Å². The van der Waals surface area contributed by atoms with Gasteiger partial charge in [0.25, 0.3) is 0 Å². The summed E-state index contributed by atoms with van der Waals surface area (Å²) in [5.41, 5.74) is 3.12. The van der Waals surface area contributed by atoms with E-state index in [-0.39, 0.29) is 46.6 Å². The molecule has 6 N–H and O–H groups in total. The van der Waals surface area contributed by atoms with Crippen LogP contribution in [-0.4, -0.2) is 175 Å². The summed E-state index contributed by atoms with van der Waals surface area (Å²) < 4.78 is 13.1. The number of hydrogen-bond acceptors (Lipinski definition) is 12. The Kier molecular flexibility index (Phi) is 20.6. The molecule has 0 spiro atoms. The van der Waals surface area contributed by atoms with Gasteiger partial charge in [-0.1, -0.05) is 115 Å². The maximum Gasteiger partial charge on any atom is 0.407 e. The smallest absolute Gasteiger partial charge is 0.407 e. The van der Waals surface area contributed by atoms with E-state index < -0.39 is 83.2 Å². The van der Waals surface area contributed by atoms with Crippen molar-refractivity contribution in [3.63, 3.8) is 0 Å². The second kappa shape index (κ2) is 27.0. The van der Waals surface area contributed by atoms with E-state index in [1.807, 2.05) is 64.1 Å². The molecule has 0 radical (unpaired) electrons. The highest BCUT2D eigenvalue weighted by Crippen LogP contribution is 2.49. The highest BCUT2D eigenvalue weighted by atomic mass is 32.2. The lowest BCUT2D eigenvalue weighted by atomic mass is 9.83. The Bertz CT molecular complexity index is 2500. The fourth-order valence-corrected chi connectivity index (χ4v) is 16.1. The van der Waals surface area contributed by atoms with Crippen molar-refractivity contribution < 1.29 is 58.0 Å². The van der Waals surface area contributed by atoms with Gasteiger partial charge >= 0.3 is 12.2 Å². The van der Waals surface area contributed by atoms with Crippen LogP contribution in [-0.2, 0) is 51.1 Å². The second-order valence-electron chi connectivity index (χ2n) is 24.6. The van der Waals surface area contributed by atoms with E-state index in [1.54, 1.807) is 33.3 Å². The Balaban J connectivity index is 0.768. The van der Waals surface area contributed by atoms with Gasteiger partial charge in [0, 0.05) is 40.2 Å². The number of carbonyl (C=O) groups is 8. The number of benzene rings is 2. The van der Waals surface area contributed by atoms with Crippen LogP contribution in [0.2, 0.25) is 0 Å². The Morgan fingerprint density at radius 1 is 0.585 bits per heavy atom. The van der Waals surface area contributed by atoms with Crippen molar-refractivity contribution in [1.82, 2.24) is 40.9 Å². The molecule has 82 heavy (non-hydrogen) atoms. The number of nitrogens with one attached hydrogen (secondary N) is 4. The number of hydrogen-bond donors (Lipinski definition) is 6. The third kappa shape index (κ3) is 14.0. The lowest BCUT2D eigenvalue weighted by molar-refractivity contribution is -0.144. The number of carbonyl (C=O) groups excluding carboxylic acids is 6. The number of nitrogens with zero attached hydrogens (tertiary/aromatic N) is 4. The summed E-state index contributed by atoms with van der Waals surface area (Å²) in [6, 6.07) is 9.93. The lowest BCUT2D eigenvalue weighted by Crippen LogP contribution is -2.58. The number of carboxylic acid groups (broad SMARTS) is 2. The van der Waals surface area contributed by atoms with Gasteiger partial charge in [-0.15, -0.1) is 23.5 Å². The van der Waals surface area contributed by atoms with Crippen LogP contribution in [0.5, 0.6) is 0 Å². The van der Waals surface area contributed by atoms with E-state index in [1.165, 1.54) is 27.9 Å². The van der Waals surface area contributed by atoms with E-state index in [4.69, 9.17) is 9.47 Å². The van der Waals surface area contributed by atoms with Crippen molar-refractivity contribution in [1.29, 1.82) is 0 Å². The highest BCUT2D eigenvalue weighted by Gasteiger charge is 2.57. The van der Waals surface area contributed by atoms with Crippen molar-refractivity contribution in [2.75, 3.05) is 38.8 Å². The van der Waals surface area contributed by atoms with Gasteiger partial charge in [-0.3, -0.25) is 38.6 Å².